The Balaban J connectivity index is 2.60. The number of benzene rings is 1. The molecule has 0 aliphatic heterocycles. The quantitative estimate of drug-likeness (QED) is 0.890. The van der Waals surface area contributed by atoms with Crippen LogP contribution in [0, 0.1) is 0 Å². The highest BCUT2D eigenvalue weighted by Crippen LogP contribution is 2.25. The maximum Gasteiger partial charge on any atom is 0.239 e. The van der Waals surface area contributed by atoms with Crippen molar-refractivity contribution in [3.63, 3.8) is 0 Å². The predicted octanol–water partition coefficient (Wildman–Crippen LogP) is 2.26. The van der Waals surface area contributed by atoms with Crippen LogP contribution in [0.25, 0.3) is 0 Å². The second-order valence-electron chi connectivity index (χ2n) is 2.66. The van der Waals surface area contributed by atoms with Crippen molar-refractivity contribution in [2.75, 3.05) is 18.9 Å². The smallest absolute Gasteiger partial charge is 0.239 e. The molecule has 1 aromatic rings. The lowest BCUT2D eigenvalue weighted by atomic mass is 10.3. The van der Waals surface area contributed by atoms with Crippen LogP contribution >= 0.6 is 27.5 Å². The molecule has 0 radical (unpaired) electrons. The van der Waals surface area contributed by atoms with Gasteiger partial charge in [-0.3, -0.25) is 4.79 Å². The molecule has 0 aliphatic carbocycles. The maximum absolute atomic E-state index is 10.9. The van der Waals surface area contributed by atoms with Gasteiger partial charge in [0.2, 0.25) is 5.91 Å². The zero-order chi connectivity index (χ0) is 10.6. The summed E-state index contributed by atoms with van der Waals surface area (Å²) in [6.07, 6.45) is 0. The number of anilines is 1. The molecule has 0 unspecified atom stereocenters. The standard InChI is InChI=1S/C9H10BrClN2O/c1-12-9(14)5-13-6-2-3-7(10)8(11)4-6/h2-4,13H,5H2,1H3,(H,12,14). The van der Waals surface area contributed by atoms with Crippen molar-refractivity contribution >= 4 is 39.1 Å². The highest BCUT2D eigenvalue weighted by molar-refractivity contribution is 9.10. The van der Waals surface area contributed by atoms with Crippen molar-refractivity contribution in [1.82, 2.24) is 5.32 Å². The summed E-state index contributed by atoms with van der Waals surface area (Å²) in [4.78, 5) is 10.9. The summed E-state index contributed by atoms with van der Waals surface area (Å²) in [5, 5.41) is 6.08. The van der Waals surface area contributed by atoms with E-state index in [0.29, 0.717) is 5.02 Å². The van der Waals surface area contributed by atoms with Gasteiger partial charge in [0.1, 0.15) is 0 Å². The molecule has 0 saturated heterocycles. The van der Waals surface area contributed by atoms with Gasteiger partial charge in [0.15, 0.2) is 0 Å². The molecule has 1 amide bonds. The number of hydrogen-bond donors (Lipinski definition) is 2. The monoisotopic (exact) mass is 276 g/mol. The summed E-state index contributed by atoms with van der Waals surface area (Å²) in [5.74, 6) is -0.0657. The number of amides is 1. The third-order valence-corrected chi connectivity index (χ3v) is 2.88. The van der Waals surface area contributed by atoms with E-state index in [1.54, 1.807) is 13.1 Å². The normalized spacial score (nSPS) is 9.64. The van der Waals surface area contributed by atoms with Crippen LogP contribution < -0.4 is 10.6 Å². The minimum Gasteiger partial charge on any atom is -0.376 e. The molecule has 0 fully saturated rings. The molecule has 3 nitrogen and oxygen atoms in total. The van der Waals surface area contributed by atoms with Crippen LogP contribution in [0.3, 0.4) is 0 Å². The van der Waals surface area contributed by atoms with Gasteiger partial charge in [-0.25, -0.2) is 0 Å². The van der Waals surface area contributed by atoms with Gasteiger partial charge >= 0.3 is 0 Å². The Kier molecular flexibility index (Phi) is 4.22. The Morgan fingerprint density at radius 3 is 2.86 bits per heavy atom. The number of nitrogens with one attached hydrogen (secondary N) is 2. The van der Waals surface area contributed by atoms with Gasteiger partial charge < -0.3 is 10.6 Å². The van der Waals surface area contributed by atoms with E-state index in [-0.39, 0.29) is 12.5 Å². The van der Waals surface area contributed by atoms with Gasteiger partial charge in [0.05, 0.1) is 11.6 Å². The van der Waals surface area contributed by atoms with Gasteiger partial charge in [-0.1, -0.05) is 11.6 Å². The Hall–Kier alpha value is -0.740. The van der Waals surface area contributed by atoms with Gasteiger partial charge in [-0.15, -0.1) is 0 Å². The molecule has 0 aromatic heterocycles. The van der Waals surface area contributed by atoms with Gasteiger partial charge in [0, 0.05) is 17.2 Å². The average Bonchev–Trinajstić information content (AvgIpc) is 2.19. The third-order valence-electron chi connectivity index (χ3n) is 1.65. The van der Waals surface area contributed by atoms with E-state index in [4.69, 9.17) is 11.6 Å². The maximum atomic E-state index is 10.9. The fraction of sp³-hybridized carbons (Fsp3) is 0.222. The molecule has 0 aliphatic rings. The highest BCUT2D eigenvalue weighted by Gasteiger charge is 2.00. The lowest BCUT2D eigenvalue weighted by Gasteiger charge is -2.06. The van der Waals surface area contributed by atoms with Crippen molar-refractivity contribution in [2.24, 2.45) is 0 Å². The first kappa shape index (κ1) is 11.3. The Labute approximate surface area is 96.0 Å². The highest BCUT2D eigenvalue weighted by atomic mass is 79.9. The molecule has 0 spiro atoms. The van der Waals surface area contributed by atoms with Gasteiger partial charge in [0.25, 0.3) is 0 Å². The van der Waals surface area contributed by atoms with E-state index in [9.17, 15) is 4.79 Å². The van der Waals surface area contributed by atoms with E-state index in [1.807, 2.05) is 12.1 Å². The van der Waals surface area contributed by atoms with E-state index in [1.165, 1.54) is 0 Å². The minimum absolute atomic E-state index is 0.0657. The van der Waals surface area contributed by atoms with Crippen LogP contribution in [-0.2, 0) is 4.79 Å². The summed E-state index contributed by atoms with van der Waals surface area (Å²) >= 11 is 9.16. The summed E-state index contributed by atoms with van der Waals surface area (Å²) < 4.78 is 0.838. The first-order chi connectivity index (χ1) is 6.63. The Bertz CT molecular complexity index is 344. The zero-order valence-corrected chi connectivity index (χ0v) is 9.95. The molecule has 5 heteroatoms. The molecule has 1 rings (SSSR count). The van der Waals surface area contributed by atoms with E-state index in [2.05, 4.69) is 26.6 Å². The van der Waals surface area contributed by atoms with Crippen molar-refractivity contribution in [3.05, 3.63) is 27.7 Å². The fourth-order valence-electron chi connectivity index (χ4n) is 0.877. The van der Waals surface area contributed by atoms with Crippen molar-refractivity contribution in [1.29, 1.82) is 0 Å². The van der Waals surface area contributed by atoms with Crippen LogP contribution in [0.2, 0.25) is 5.02 Å². The van der Waals surface area contributed by atoms with Crippen LogP contribution in [0.5, 0.6) is 0 Å². The first-order valence-corrected chi connectivity index (χ1v) is 5.20. The van der Waals surface area contributed by atoms with E-state index >= 15 is 0 Å². The minimum atomic E-state index is -0.0657. The Morgan fingerprint density at radius 2 is 2.29 bits per heavy atom. The van der Waals surface area contributed by atoms with Gasteiger partial charge in [-0.05, 0) is 34.1 Å². The first-order valence-electron chi connectivity index (χ1n) is 4.03. The molecule has 0 atom stereocenters. The summed E-state index contributed by atoms with van der Waals surface area (Å²) in [5.41, 5.74) is 0.821. The molecule has 76 valence electrons. The molecular weight excluding hydrogens is 267 g/mol. The van der Waals surface area contributed by atoms with Crippen LogP contribution in [0.15, 0.2) is 22.7 Å². The number of rotatable bonds is 3. The second-order valence-corrected chi connectivity index (χ2v) is 3.92. The van der Waals surface area contributed by atoms with Crippen molar-refractivity contribution < 1.29 is 4.79 Å². The summed E-state index contributed by atoms with van der Waals surface area (Å²) in [6, 6.07) is 5.43. The number of hydrogen-bond acceptors (Lipinski definition) is 2. The SMILES string of the molecule is CNC(=O)CNc1ccc(Br)c(Cl)c1. The van der Waals surface area contributed by atoms with Gasteiger partial charge in [-0.2, -0.15) is 0 Å². The number of likely N-dealkylation sites (N-methyl/N-ethyl adjacent to an activating group) is 1. The van der Waals surface area contributed by atoms with Crippen LogP contribution in [0.4, 0.5) is 5.69 Å². The molecule has 0 heterocycles. The molecular formula is C9H10BrClN2O. The van der Waals surface area contributed by atoms with E-state index < -0.39 is 0 Å². The predicted molar refractivity (Wildman–Crippen MR) is 61.7 cm³/mol. The van der Waals surface area contributed by atoms with Crippen LogP contribution in [-0.4, -0.2) is 19.5 Å². The van der Waals surface area contributed by atoms with Crippen molar-refractivity contribution in [3.8, 4) is 0 Å². The second kappa shape index (κ2) is 5.22. The molecule has 0 bridgehead atoms. The zero-order valence-electron chi connectivity index (χ0n) is 7.60. The largest absolute Gasteiger partial charge is 0.376 e. The van der Waals surface area contributed by atoms with Crippen molar-refractivity contribution in [2.45, 2.75) is 0 Å². The lowest BCUT2D eigenvalue weighted by molar-refractivity contribution is -0.118. The molecule has 1 aromatic carbocycles. The number of carbonyl (C=O) groups excluding carboxylic acids is 1. The lowest BCUT2D eigenvalue weighted by Crippen LogP contribution is -2.26. The topological polar surface area (TPSA) is 41.1 Å². The number of halogens is 2. The third kappa shape index (κ3) is 3.20. The number of carbonyl (C=O) groups is 1. The van der Waals surface area contributed by atoms with Crippen LogP contribution in [0.1, 0.15) is 0 Å². The molecule has 14 heavy (non-hydrogen) atoms. The fourth-order valence-corrected chi connectivity index (χ4v) is 1.30. The average molecular weight is 278 g/mol. The van der Waals surface area contributed by atoms with E-state index in [0.717, 1.165) is 10.2 Å². The molecule has 2 N–H and O–H groups in total. The molecule has 0 saturated carbocycles. The Morgan fingerprint density at radius 1 is 1.57 bits per heavy atom. The summed E-state index contributed by atoms with van der Waals surface area (Å²) in [7, 11) is 1.60. The summed E-state index contributed by atoms with van der Waals surface area (Å²) in [6.45, 7) is 0.245.